The topological polar surface area (TPSA) is 106 Å². The van der Waals surface area contributed by atoms with Crippen LogP contribution in [-0.4, -0.2) is 30.9 Å². The summed E-state index contributed by atoms with van der Waals surface area (Å²) in [6.07, 6.45) is 3.45. The summed E-state index contributed by atoms with van der Waals surface area (Å²) < 4.78 is 10.2. The lowest BCUT2D eigenvalue weighted by atomic mass is 10.1. The fourth-order valence-corrected chi connectivity index (χ4v) is 2.15. The van der Waals surface area contributed by atoms with E-state index in [1.54, 1.807) is 13.0 Å². The molecule has 0 aliphatic carbocycles. The molecule has 8 heteroatoms. The van der Waals surface area contributed by atoms with E-state index < -0.39 is 11.9 Å². The molecule has 0 radical (unpaired) electrons. The van der Waals surface area contributed by atoms with Gasteiger partial charge in [0.2, 0.25) is 0 Å². The van der Waals surface area contributed by atoms with Gasteiger partial charge in [0.15, 0.2) is 0 Å². The van der Waals surface area contributed by atoms with Crippen LogP contribution in [-0.2, 0) is 9.53 Å². The number of hydrogen-bond acceptors (Lipinski definition) is 7. The molecule has 28 heavy (non-hydrogen) atoms. The highest BCUT2D eigenvalue weighted by atomic mass is 16.5. The number of amidine groups is 1. The molecular weight excluding hydrogens is 362 g/mol. The average Bonchev–Trinajstić information content (AvgIpc) is 2.68. The summed E-state index contributed by atoms with van der Waals surface area (Å²) in [4.78, 5) is 39.3. The molecule has 1 N–H and O–H groups in total. The van der Waals surface area contributed by atoms with E-state index in [0.717, 1.165) is 0 Å². The van der Waals surface area contributed by atoms with Crippen molar-refractivity contribution in [3.8, 4) is 5.75 Å². The van der Waals surface area contributed by atoms with Gasteiger partial charge in [-0.2, -0.15) is 0 Å². The first kappa shape index (κ1) is 22.8. The van der Waals surface area contributed by atoms with Gasteiger partial charge in [0.05, 0.1) is 18.8 Å². The van der Waals surface area contributed by atoms with Crippen molar-refractivity contribution in [2.75, 3.05) is 7.11 Å². The van der Waals surface area contributed by atoms with Crippen molar-refractivity contribution in [1.82, 2.24) is 5.32 Å². The van der Waals surface area contributed by atoms with E-state index in [1.165, 1.54) is 31.5 Å². The van der Waals surface area contributed by atoms with Crippen molar-refractivity contribution >= 4 is 23.4 Å². The predicted molar refractivity (Wildman–Crippen MR) is 108 cm³/mol. The number of ether oxygens (including phenoxy) is 2. The van der Waals surface area contributed by atoms with Crippen LogP contribution in [0.5, 0.6) is 5.75 Å². The predicted octanol–water partition coefficient (Wildman–Crippen LogP) is 4.04. The van der Waals surface area contributed by atoms with Gasteiger partial charge in [-0.05, 0) is 37.6 Å². The van der Waals surface area contributed by atoms with E-state index in [1.807, 2.05) is 13.8 Å². The molecule has 8 nitrogen and oxygen atoms in total. The lowest BCUT2D eigenvalue weighted by Crippen LogP contribution is -2.30. The monoisotopic (exact) mass is 387 g/mol. The van der Waals surface area contributed by atoms with Gasteiger partial charge in [0.25, 0.3) is 5.91 Å². The number of amides is 1. The number of nitrogens with one attached hydrogen (secondary N) is 1. The van der Waals surface area contributed by atoms with Crippen LogP contribution >= 0.6 is 0 Å². The molecule has 0 aliphatic rings. The number of nitroso groups, excluding NO2 is 1. The van der Waals surface area contributed by atoms with Crippen molar-refractivity contribution in [1.29, 1.82) is 0 Å². The number of benzene rings is 1. The highest BCUT2D eigenvalue weighted by Crippen LogP contribution is 2.24. The van der Waals surface area contributed by atoms with Crippen LogP contribution in [0.2, 0.25) is 0 Å². The van der Waals surface area contributed by atoms with Gasteiger partial charge in [0, 0.05) is 24.3 Å². The Labute approximate surface area is 164 Å². The zero-order valence-corrected chi connectivity index (χ0v) is 16.5. The fourth-order valence-electron chi connectivity index (χ4n) is 2.15. The Morgan fingerprint density at radius 3 is 2.54 bits per heavy atom. The van der Waals surface area contributed by atoms with Crippen molar-refractivity contribution in [2.24, 2.45) is 10.2 Å². The second-order valence-electron chi connectivity index (χ2n) is 6.00. The Morgan fingerprint density at radius 1 is 1.29 bits per heavy atom. The molecule has 0 bridgehead atoms. The first-order valence-corrected chi connectivity index (χ1v) is 8.75. The minimum absolute atomic E-state index is 0.0807. The molecule has 0 saturated heterocycles. The van der Waals surface area contributed by atoms with Gasteiger partial charge in [-0.15, -0.1) is 11.5 Å². The second-order valence-corrected chi connectivity index (χ2v) is 6.00. The summed E-state index contributed by atoms with van der Waals surface area (Å²) in [5, 5.41) is 5.54. The molecule has 1 rings (SSSR count). The fraction of sp³-hybridized carbons (Fsp3) is 0.350. The summed E-state index contributed by atoms with van der Waals surface area (Å²) in [6.45, 7) is 9.05. The molecule has 0 aliphatic heterocycles. The Hall–Kier alpha value is -3.29. The molecule has 1 aromatic carbocycles. The molecule has 0 spiro atoms. The van der Waals surface area contributed by atoms with E-state index in [2.05, 4.69) is 26.8 Å². The zero-order valence-electron chi connectivity index (χ0n) is 16.5. The Morgan fingerprint density at radius 2 is 2.00 bits per heavy atom. The minimum Gasteiger partial charge on any atom is -0.491 e. The Kier molecular flexibility index (Phi) is 9.29. The normalized spacial score (nSPS) is 11.8. The molecule has 1 amide bonds. The minimum atomic E-state index is -0.523. The zero-order chi connectivity index (χ0) is 21.1. The van der Waals surface area contributed by atoms with Crippen LogP contribution in [0.25, 0.3) is 0 Å². The number of hydrogen-bond donors (Lipinski definition) is 1. The SMILES string of the molecule is C=CC/C(=C\N=C(CC)NC(=O)c1cc(N=O)cc(OC(C)C)c1)C(=O)OC. The number of allylic oxidation sites excluding steroid dienone is 1. The molecule has 0 aromatic heterocycles. The average molecular weight is 387 g/mol. The molecule has 0 unspecified atom stereocenters. The van der Waals surface area contributed by atoms with Gasteiger partial charge in [-0.25, -0.2) is 9.79 Å². The van der Waals surface area contributed by atoms with Gasteiger partial charge in [-0.1, -0.05) is 13.0 Å². The smallest absolute Gasteiger partial charge is 0.335 e. The van der Waals surface area contributed by atoms with E-state index >= 15 is 0 Å². The quantitative estimate of drug-likeness (QED) is 0.172. The molecule has 0 saturated carbocycles. The summed E-state index contributed by atoms with van der Waals surface area (Å²) in [6, 6.07) is 4.33. The van der Waals surface area contributed by atoms with Crippen molar-refractivity contribution in [2.45, 2.75) is 39.7 Å². The van der Waals surface area contributed by atoms with Crippen molar-refractivity contribution < 1.29 is 19.1 Å². The third-order valence-electron chi connectivity index (χ3n) is 3.41. The molecule has 0 fully saturated rings. The molecule has 0 heterocycles. The number of nitrogens with zero attached hydrogens (tertiary/aromatic N) is 2. The summed E-state index contributed by atoms with van der Waals surface area (Å²) in [5.74, 6) is -0.292. The maximum atomic E-state index is 12.6. The van der Waals surface area contributed by atoms with Crippen LogP contribution in [0.1, 0.15) is 44.0 Å². The highest BCUT2D eigenvalue weighted by Gasteiger charge is 2.13. The Bertz CT molecular complexity index is 797. The summed E-state index contributed by atoms with van der Waals surface area (Å²) >= 11 is 0. The molecule has 1 aromatic rings. The van der Waals surface area contributed by atoms with Crippen LogP contribution in [0.15, 0.2) is 52.8 Å². The molecule has 0 atom stereocenters. The number of methoxy groups -OCH3 is 1. The van der Waals surface area contributed by atoms with Crippen LogP contribution in [0, 0.1) is 4.91 Å². The largest absolute Gasteiger partial charge is 0.491 e. The van der Waals surface area contributed by atoms with Crippen molar-refractivity contribution in [3.05, 3.63) is 53.1 Å². The van der Waals surface area contributed by atoms with Crippen LogP contribution < -0.4 is 10.1 Å². The number of rotatable bonds is 9. The van der Waals surface area contributed by atoms with Crippen molar-refractivity contribution in [3.63, 3.8) is 0 Å². The van der Waals surface area contributed by atoms with Gasteiger partial charge in [0.1, 0.15) is 17.3 Å². The third kappa shape index (κ3) is 7.14. The lowest BCUT2D eigenvalue weighted by Gasteiger charge is -2.12. The van der Waals surface area contributed by atoms with Gasteiger partial charge >= 0.3 is 5.97 Å². The van der Waals surface area contributed by atoms with E-state index in [9.17, 15) is 14.5 Å². The number of aliphatic imine (C=N–C) groups is 1. The number of esters is 1. The van der Waals surface area contributed by atoms with Gasteiger partial charge < -0.3 is 14.8 Å². The van der Waals surface area contributed by atoms with E-state index in [4.69, 9.17) is 4.74 Å². The highest BCUT2D eigenvalue weighted by molar-refractivity contribution is 6.07. The first-order valence-electron chi connectivity index (χ1n) is 8.75. The number of carbonyl (C=O) groups excluding carboxylic acids is 2. The standard InChI is InChI=1S/C20H25N3O5/c1-6-8-14(20(25)27-5)12-21-18(7-2)22-19(24)15-9-16(23-26)11-17(10-15)28-13(3)4/h6,9-13H,1,7-8H2,2-5H3,(H,21,22,24)/b14-12+. The maximum Gasteiger partial charge on any atom is 0.335 e. The van der Waals surface area contributed by atoms with Crippen LogP contribution in [0.3, 0.4) is 0 Å². The summed E-state index contributed by atoms with van der Waals surface area (Å²) in [7, 11) is 1.27. The van der Waals surface area contributed by atoms with Crippen LogP contribution in [0.4, 0.5) is 5.69 Å². The second kappa shape index (κ2) is 11.4. The first-order chi connectivity index (χ1) is 13.3. The molecule has 150 valence electrons. The van der Waals surface area contributed by atoms with E-state index in [-0.39, 0.29) is 23.8 Å². The summed E-state index contributed by atoms with van der Waals surface area (Å²) in [5.41, 5.74) is 0.590. The van der Waals surface area contributed by atoms with Gasteiger partial charge in [-0.3, -0.25) is 4.79 Å². The van der Waals surface area contributed by atoms with E-state index in [0.29, 0.717) is 23.6 Å². The third-order valence-corrected chi connectivity index (χ3v) is 3.41. The Balaban J connectivity index is 3.09. The maximum absolute atomic E-state index is 12.6. The number of carbonyl (C=O) groups is 2. The molecular formula is C20H25N3O5. The lowest BCUT2D eigenvalue weighted by molar-refractivity contribution is -0.136.